The Hall–Kier alpha value is -0.510. The lowest BCUT2D eigenvalue weighted by molar-refractivity contribution is -0.133. The Kier molecular flexibility index (Phi) is 4.06. The SMILES string of the molecule is O=C(OCC12COP(=O)(OC1)OC2)OCC12COP(=O)(OC1)OC2. The molecule has 13 heteroatoms. The van der Waals surface area contributed by atoms with Crippen LogP contribution in [0.3, 0.4) is 0 Å². The fourth-order valence-electron chi connectivity index (χ4n) is 2.49. The van der Waals surface area contributed by atoms with Crippen molar-refractivity contribution in [3.05, 3.63) is 0 Å². The molecular weight excluding hydrogens is 370 g/mol. The molecule has 0 N–H and O–H groups in total. The summed E-state index contributed by atoms with van der Waals surface area (Å²) >= 11 is 0. The van der Waals surface area contributed by atoms with Gasteiger partial charge in [0.2, 0.25) is 0 Å². The number of hydrogen-bond acceptors (Lipinski definition) is 11. The van der Waals surface area contributed by atoms with Crippen molar-refractivity contribution < 1.29 is 50.5 Å². The number of ether oxygens (including phenoxy) is 2. The third-order valence-electron chi connectivity index (χ3n) is 4.17. The molecule has 6 fully saturated rings. The maximum absolute atomic E-state index is 11.8. The summed E-state index contributed by atoms with van der Waals surface area (Å²) in [6, 6.07) is 0. The van der Waals surface area contributed by atoms with Crippen molar-refractivity contribution in [2.45, 2.75) is 0 Å². The molecular formula is C11H16O11P2. The van der Waals surface area contributed by atoms with Crippen molar-refractivity contribution in [3.8, 4) is 0 Å². The van der Waals surface area contributed by atoms with E-state index in [1.54, 1.807) is 0 Å². The van der Waals surface area contributed by atoms with Crippen molar-refractivity contribution >= 4 is 21.8 Å². The van der Waals surface area contributed by atoms with E-state index in [-0.39, 0.29) is 52.9 Å². The Bertz CT molecular complexity index is 519. The lowest BCUT2D eigenvalue weighted by Gasteiger charge is -2.44. The Morgan fingerprint density at radius 3 is 1.29 bits per heavy atom. The van der Waals surface area contributed by atoms with E-state index in [1.165, 1.54) is 0 Å². The molecule has 0 amide bonds. The molecule has 6 rings (SSSR count). The summed E-state index contributed by atoms with van der Waals surface area (Å²) < 4.78 is 63.5. The predicted molar refractivity (Wildman–Crippen MR) is 73.1 cm³/mol. The fourth-order valence-corrected chi connectivity index (χ4v) is 5.52. The van der Waals surface area contributed by atoms with Gasteiger partial charge >= 0.3 is 21.8 Å². The molecule has 11 nitrogen and oxygen atoms in total. The molecule has 0 spiro atoms. The third-order valence-corrected chi connectivity index (χ3v) is 6.84. The second kappa shape index (κ2) is 5.75. The lowest BCUT2D eigenvalue weighted by atomic mass is 9.92. The number of rotatable bonds is 4. The zero-order chi connectivity index (χ0) is 16.9. The van der Waals surface area contributed by atoms with Gasteiger partial charge in [0.05, 0.1) is 50.5 Å². The Labute approximate surface area is 137 Å². The molecule has 4 bridgehead atoms. The van der Waals surface area contributed by atoms with Gasteiger partial charge in [-0.1, -0.05) is 0 Å². The highest BCUT2D eigenvalue weighted by Gasteiger charge is 2.53. The average Bonchev–Trinajstić information content (AvgIpc) is 2.61. The number of phosphoric acid groups is 2. The van der Waals surface area contributed by atoms with Crippen LogP contribution in [0.4, 0.5) is 4.79 Å². The fraction of sp³-hybridized carbons (Fsp3) is 0.909. The highest BCUT2D eigenvalue weighted by molar-refractivity contribution is 7.48. The van der Waals surface area contributed by atoms with Crippen molar-refractivity contribution in [1.29, 1.82) is 0 Å². The van der Waals surface area contributed by atoms with Crippen LogP contribution in [0.15, 0.2) is 0 Å². The van der Waals surface area contributed by atoms with Gasteiger partial charge in [-0.2, -0.15) is 0 Å². The van der Waals surface area contributed by atoms with Crippen LogP contribution in [0, 0.1) is 10.8 Å². The molecule has 6 heterocycles. The van der Waals surface area contributed by atoms with Crippen LogP contribution in [0.5, 0.6) is 0 Å². The summed E-state index contributed by atoms with van der Waals surface area (Å²) in [4.78, 5) is 11.8. The molecule has 0 unspecified atom stereocenters. The van der Waals surface area contributed by atoms with Gasteiger partial charge in [0.25, 0.3) is 0 Å². The van der Waals surface area contributed by atoms with E-state index >= 15 is 0 Å². The van der Waals surface area contributed by atoms with Crippen LogP contribution in [-0.2, 0) is 45.7 Å². The molecule has 6 aliphatic heterocycles. The molecule has 136 valence electrons. The van der Waals surface area contributed by atoms with Crippen LogP contribution in [0.25, 0.3) is 0 Å². The van der Waals surface area contributed by atoms with Crippen molar-refractivity contribution in [3.63, 3.8) is 0 Å². The lowest BCUT2D eigenvalue weighted by Crippen LogP contribution is -2.49. The van der Waals surface area contributed by atoms with Crippen molar-refractivity contribution in [1.82, 2.24) is 0 Å². The topological polar surface area (TPSA) is 125 Å². The molecule has 0 aromatic carbocycles. The van der Waals surface area contributed by atoms with Crippen LogP contribution in [0.1, 0.15) is 0 Å². The van der Waals surface area contributed by atoms with Crippen LogP contribution in [0.2, 0.25) is 0 Å². The molecule has 0 atom stereocenters. The van der Waals surface area contributed by atoms with E-state index in [0.717, 1.165) is 0 Å². The van der Waals surface area contributed by atoms with E-state index < -0.39 is 32.6 Å². The minimum atomic E-state index is -3.40. The summed E-state index contributed by atoms with van der Waals surface area (Å²) in [7, 11) is -6.80. The first-order chi connectivity index (χ1) is 11.3. The maximum Gasteiger partial charge on any atom is 0.508 e. The standard InChI is InChI=1S/C11H16O11P2/c12-9(15-1-10-3-17-23(13,18-4-10)19-5-10)16-2-11-6-20-24(14,21-7-11)22-8-11/h1-8H2. The summed E-state index contributed by atoms with van der Waals surface area (Å²) in [5, 5.41) is 0. The Morgan fingerprint density at radius 2 is 1.00 bits per heavy atom. The quantitative estimate of drug-likeness (QED) is 0.515. The van der Waals surface area contributed by atoms with Crippen LogP contribution < -0.4 is 0 Å². The van der Waals surface area contributed by atoms with Gasteiger partial charge in [-0.3, -0.25) is 27.1 Å². The van der Waals surface area contributed by atoms with Gasteiger partial charge < -0.3 is 9.47 Å². The molecule has 24 heavy (non-hydrogen) atoms. The summed E-state index contributed by atoms with van der Waals surface area (Å²) in [6.45, 7) is 0.588. The zero-order valence-electron chi connectivity index (χ0n) is 12.5. The van der Waals surface area contributed by atoms with Gasteiger partial charge in [0, 0.05) is 0 Å². The third kappa shape index (κ3) is 3.15. The first-order valence-electron chi connectivity index (χ1n) is 7.21. The average molecular weight is 386 g/mol. The van der Waals surface area contributed by atoms with Crippen LogP contribution in [-0.4, -0.2) is 59.0 Å². The normalized spacial score (nSPS) is 46.7. The van der Waals surface area contributed by atoms with E-state index in [1.807, 2.05) is 0 Å². The Balaban J connectivity index is 1.25. The summed E-state index contributed by atoms with van der Waals surface area (Å²) in [5.41, 5.74) is -1.39. The summed E-state index contributed by atoms with van der Waals surface area (Å²) in [6.07, 6.45) is -0.891. The minimum absolute atomic E-state index is 0.0580. The van der Waals surface area contributed by atoms with Gasteiger partial charge in [0.15, 0.2) is 0 Å². The number of hydrogen-bond donors (Lipinski definition) is 0. The predicted octanol–water partition coefficient (Wildman–Crippen LogP) is 1.48. The van der Waals surface area contributed by atoms with Crippen LogP contribution >= 0.6 is 15.6 Å². The second-order valence-corrected chi connectivity index (χ2v) is 9.70. The first-order valence-corrected chi connectivity index (χ1v) is 10.1. The second-order valence-electron chi connectivity index (χ2n) is 6.36. The van der Waals surface area contributed by atoms with Gasteiger partial charge in [-0.25, -0.2) is 13.9 Å². The Morgan fingerprint density at radius 1 is 0.708 bits per heavy atom. The molecule has 0 aromatic rings. The van der Waals surface area contributed by atoms with E-state index in [2.05, 4.69) is 0 Å². The maximum atomic E-state index is 11.8. The van der Waals surface area contributed by atoms with Gasteiger partial charge in [0.1, 0.15) is 13.2 Å². The number of carbonyl (C=O) groups excluding carboxylic acids is 1. The molecule has 0 saturated carbocycles. The number of phosphoric ester groups is 2. The van der Waals surface area contributed by atoms with E-state index in [4.69, 9.17) is 36.6 Å². The zero-order valence-corrected chi connectivity index (χ0v) is 14.3. The van der Waals surface area contributed by atoms with Crippen molar-refractivity contribution in [2.75, 3.05) is 52.9 Å². The minimum Gasteiger partial charge on any atom is -0.433 e. The van der Waals surface area contributed by atoms with Crippen molar-refractivity contribution in [2.24, 2.45) is 10.8 Å². The van der Waals surface area contributed by atoms with Gasteiger partial charge in [-0.15, -0.1) is 0 Å². The largest absolute Gasteiger partial charge is 0.508 e. The first kappa shape index (κ1) is 16.9. The number of carbonyl (C=O) groups is 1. The number of fused-ring (bicyclic) bond motifs is 6. The molecule has 6 aliphatic rings. The monoisotopic (exact) mass is 386 g/mol. The molecule has 0 radical (unpaired) electrons. The molecule has 6 saturated heterocycles. The summed E-state index contributed by atoms with van der Waals surface area (Å²) in [5.74, 6) is 0. The highest BCUT2D eigenvalue weighted by atomic mass is 31.2. The highest BCUT2D eigenvalue weighted by Crippen LogP contribution is 2.60. The molecule has 0 aromatic heterocycles. The van der Waals surface area contributed by atoms with E-state index in [0.29, 0.717) is 0 Å². The van der Waals surface area contributed by atoms with E-state index in [9.17, 15) is 13.9 Å². The van der Waals surface area contributed by atoms with Gasteiger partial charge in [-0.05, 0) is 0 Å². The smallest absolute Gasteiger partial charge is 0.433 e. The molecule has 0 aliphatic carbocycles.